The number of hydrogen-bond acceptors (Lipinski definition) is 5. The van der Waals surface area contributed by atoms with Crippen molar-refractivity contribution in [1.82, 2.24) is 19.7 Å². The molecule has 4 aromatic rings. The van der Waals surface area contributed by atoms with Gasteiger partial charge in [0.2, 0.25) is 5.95 Å². The molecule has 2 aromatic heterocycles. The number of anilines is 2. The first-order chi connectivity index (χ1) is 15.5. The molecule has 3 heterocycles. The molecule has 0 radical (unpaired) electrons. The second-order valence-corrected chi connectivity index (χ2v) is 8.67. The highest BCUT2D eigenvalue weighted by Gasteiger charge is 2.22. The van der Waals surface area contributed by atoms with E-state index in [1.165, 1.54) is 24.1 Å². The van der Waals surface area contributed by atoms with Gasteiger partial charge >= 0.3 is 0 Å². The fourth-order valence-electron chi connectivity index (χ4n) is 4.25. The number of nitrogen functional groups attached to an aromatic ring is 1. The van der Waals surface area contributed by atoms with Crippen molar-refractivity contribution in [2.75, 3.05) is 23.7 Å². The summed E-state index contributed by atoms with van der Waals surface area (Å²) >= 11 is 0. The Labute approximate surface area is 186 Å². The minimum absolute atomic E-state index is 0.304. The predicted molar refractivity (Wildman–Crippen MR) is 127 cm³/mol. The summed E-state index contributed by atoms with van der Waals surface area (Å²) in [5.74, 6) is 1.27. The zero-order valence-corrected chi connectivity index (χ0v) is 18.4. The summed E-state index contributed by atoms with van der Waals surface area (Å²) in [6.45, 7) is 6.23. The summed E-state index contributed by atoms with van der Waals surface area (Å²) in [6.07, 6.45) is 3.49. The third-order valence-electron chi connectivity index (χ3n) is 6.12. The van der Waals surface area contributed by atoms with Gasteiger partial charge < -0.3 is 10.6 Å². The molecule has 32 heavy (non-hydrogen) atoms. The number of nitrogens with zero attached hydrogens (tertiary/aromatic N) is 5. The molecule has 2 N–H and O–H groups in total. The standard InChI is InChI=1S/C25H27FN6/c1-16(2)17-6-8-18(9-7-17)22-21-23(27)32(20-12-10-19(26)11-13-20)30-24(21)29-25(28-22)31-14-4-3-5-15-31/h6-13,16H,3-5,14-15,27H2,1-2H3. The minimum atomic E-state index is -0.304. The Hall–Kier alpha value is -3.48. The molecule has 0 atom stereocenters. The van der Waals surface area contributed by atoms with Crippen LogP contribution in [-0.2, 0) is 0 Å². The van der Waals surface area contributed by atoms with Gasteiger partial charge in [-0.1, -0.05) is 38.1 Å². The fourth-order valence-corrected chi connectivity index (χ4v) is 4.25. The van der Waals surface area contributed by atoms with Gasteiger partial charge in [-0.3, -0.25) is 0 Å². The molecule has 0 aliphatic carbocycles. The van der Waals surface area contributed by atoms with Gasteiger partial charge in [0.15, 0.2) is 5.65 Å². The highest BCUT2D eigenvalue weighted by atomic mass is 19.1. The predicted octanol–water partition coefficient (Wildman–Crippen LogP) is 5.32. The van der Waals surface area contributed by atoms with Crippen molar-refractivity contribution < 1.29 is 4.39 Å². The van der Waals surface area contributed by atoms with Crippen molar-refractivity contribution in [3.05, 3.63) is 59.9 Å². The Bertz CT molecular complexity index is 1240. The highest BCUT2D eigenvalue weighted by Crippen LogP contribution is 2.34. The number of hydrogen-bond donors (Lipinski definition) is 1. The molecular formula is C25H27FN6. The summed E-state index contributed by atoms with van der Waals surface area (Å²) in [7, 11) is 0. The third-order valence-corrected chi connectivity index (χ3v) is 6.12. The van der Waals surface area contributed by atoms with Crippen LogP contribution in [0.1, 0.15) is 44.6 Å². The summed E-state index contributed by atoms with van der Waals surface area (Å²) in [6, 6.07) is 14.6. The van der Waals surface area contributed by atoms with Crippen LogP contribution in [0.4, 0.5) is 16.2 Å². The van der Waals surface area contributed by atoms with Crippen LogP contribution in [0, 0.1) is 5.82 Å². The Morgan fingerprint density at radius 1 is 0.906 bits per heavy atom. The molecule has 1 saturated heterocycles. The van der Waals surface area contributed by atoms with Gasteiger partial charge in [0, 0.05) is 18.7 Å². The largest absolute Gasteiger partial charge is 0.383 e. The van der Waals surface area contributed by atoms with Gasteiger partial charge in [0.05, 0.1) is 16.8 Å². The van der Waals surface area contributed by atoms with Gasteiger partial charge in [-0.05, 0) is 55.0 Å². The van der Waals surface area contributed by atoms with Crippen LogP contribution in [0.5, 0.6) is 0 Å². The lowest BCUT2D eigenvalue weighted by molar-refractivity contribution is 0.569. The molecule has 0 unspecified atom stereocenters. The molecule has 6 nitrogen and oxygen atoms in total. The third kappa shape index (κ3) is 3.68. The Morgan fingerprint density at radius 3 is 2.25 bits per heavy atom. The maximum Gasteiger partial charge on any atom is 0.228 e. The first-order valence-corrected chi connectivity index (χ1v) is 11.2. The average molecular weight is 431 g/mol. The monoisotopic (exact) mass is 430 g/mol. The summed E-state index contributed by atoms with van der Waals surface area (Å²) in [4.78, 5) is 12.0. The zero-order valence-electron chi connectivity index (χ0n) is 18.4. The number of halogens is 1. The van der Waals surface area contributed by atoms with Gasteiger partial charge in [-0.2, -0.15) is 4.98 Å². The van der Waals surface area contributed by atoms with Crippen LogP contribution in [0.2, 0.25) is 0 Å². The molecule has 164 valence electrons. The molecule has 2 aromatic carbocycles. The van der Waals surface area contributed by atoms with Crippen molar-refractivity contribution >= 4 is 22.8 Å². The van der Waals surface area contributed by atoms with Crippen LogP contribution < -0.4 is 10.6 Å². The van der Waals surface area contributed by atoms with E-state index in [9.17, 15) is 4.39 Å². The second-order valence-electron chi connectivity index (χ2n) is 8.67. The maximum atomic E-state index is 13.5. The van der Waals surface area contributed by atoms with Crippen molar-refractivity contribution in [2.45, 2.75) is 39.0 Å². The van der Waals surface area contributed by atoms with E-state index in [0.717, 1.165) is 37.2 Å². The van der Waals surface area contributed by atoms with Crippen LogP contribution in [0.3, 0.4) is 0 Å². The Balaban J connectivity index is 1.70. The van der Waals surface area contributed by atoms with Gasteiger partial charge in [0.1, 0.15) is 11.6 Å². The van der Waals surface area contributed by atoms with Crippen LogP contribution in [-0.4, -0.2) is 32.8 Å². The number of nitrogens with two attached hydrogens (primary N) is 1. The maximum absolute atomic E-state index is 13.5. The zero-order chi connectivity index (χ0) is 22.2. The van der Waals surface area contributed by atoms with Crippen molar-refractivity contribution in [3.8, 4) is 16.9 Å². The normalized spacial score (nSPS) is 14.4. The average Bonchev–Trinajstić information content (AvgIpc) is 3.16. The molecule has 0 spiro atoms. The number of fused-ring (bicyclic) bond motifs is 1. The molecule has 1 aliphatic heterocycles. The molecule has 0 saturated carbocycles. The van der Waals surface area contributed by atoms with Crippen molar-refractivity contribution in [2.24, 2.45) is 0 Å². The lowest BCUT2D eigenvalue weighted by Crippen LogP contribution is -2.31. The van der Waals surface area contributed by atoms with E-state index in [-0.39, 0.29) is 5.82 Å². The van der Waals surface area contributed by atoms with E-state index in [1.807, 2.05) is 0 Å². The molecule has 0 bridgehead atoms. The van der Waals surface area contributed by atoms with Gasteiger partial charge in [0.25, 0.3) is 0 Å². The first-order valence-electron chi connectivity index (χ1n) is 11.2. The number of piperidine rings is 1. The minimum Gasteiger partial charge on any atom is -0.383 e. The number of benzene rings is 2. The van der Waals surface area contributed by atoms with Crippen LogP contribution in [0.15, 0.2) is 48.5 Å². The Morgan fingerprint density at radius 2 is 1.59 bits per heavy atom. The van der Waals surface area contributed by atoms with Gasteiger partial charge in [-0.15, -0.1) is 5.10 Å². The molecule has 7 heteroatoms. The molecule has 0 amide bonds. The number of aromatic nitrogens is 4. The van der Waals surface area contributed by atoms with Crippen LogP contribution >= 0.6 is 0 Å². The fraction of sp³-hybridized carbons (Fsp3) is 0.320. The molecule has 5 rings (SSSR count). The summed E-state index contributed by atoms with van der Waals surface area (Å²) < 4.78 is 15.1. The lowest BCUT2D eigenvalue weighted by atomic mass is 10.00. The van der Waals surface area contributed by atoms with E-state index >= 15 is 0 Å². The van der Waals surface area contributed by atoms with E-state index in [0.29, 0.717) is 34.4 Å². The van der Waals surface area contributed by atoms with Crippen molar-refractivity contribution in [3.63, 3.8) is 0 Å². The second kappa shape index (κ2) is 8.22. The molecular weight excluding hydrogens is 403 g/mol. The van der Waals surface area contributed by atoms with E-state index in [1.54, 1.807) is 16.8 Å². The lowest BCUT2D eigenvalue weighted by Gasteiger charge is -2.26. The quantitative estimate of drug-likeness (QED) is 0.474. The topological polar surface area (TPSA) is 72.9 Å². The van der Waals surface area contributed by atoms with E-state index in [4.69, 9.17) is 20.8 Å². The smallest absolute Gasteiger partial charge is 0.228 e. The molecule has 1 aliphatic rings. The number of rotatable bonds is 4. The van der Waals surface area contributed by atoms with Gasteiger partial charge in [-0.25, -0.2) is 14.1 Å². The molecule has 1 fully saturated rings. The Kier molecular flexibility index (Phi) is 5.25. The van der Waals surface area contributed by atoms with Crippen LogP contribution in [0.25, 0.3) is 28.0 Å². The van der Waals surface area contributed by atoms with Crippen molar-refractivity contribution in [1.29, 1.82) is 0 Å². The summed E-state index contributed by atoms with van der Waals surface area (Å²) in [5, 5.41) is 5.41. The van der Waals surface area contributed by atoms with E-state index < -0.39 is 0 Å². The highest BCUT2D eigenvalue weighted by molar-refractivity contribution is 5.99. The van der Waals surface area contributed by atoms with E-state index in [2.05, 4.69) is 43.0 Å². The summed E-state index contributed by atoms with van der Waals surface area (Å²) in [5.41, 5.74) is 10.8. The first kappa shape index (κ1) is 20.4. The SMILES string of the molecule is CC(C)c1ccc(-c2nc(N3CCCCC3)nc3nn(-c4ccc(F)cc4)c(N)c23)cc1.